The molecular formula is C12H23NS. The topological polar surface area (TPSA) is 26.0 Å². The van der Waals surface area contributed by atoms with Crippen LogP contribution >= 0.6 is 11.8 Å². The van der Waals surface area contributed by atoms with Gasteiger partial charge in [-0.3, -0.25) is 0 Å². The molecule has 82 valence electrons. The van der Waals surface area contributed by atoms with E-state index in [4.69, 9.17) is 5.73 Å². The van der Waals surface area contributed by atoms with Crippen LogP contribution in [0.2, 0.25) is 0 Å². The molecule has 2 rings (SSSR count). The number of rotatable bonds is 2. The van der Waals surface area contributed by atoms with Crippen LogP contribution in [0.4, 0.5) is 0 Å². The predicted molar refractivity (Wildman–Crippen MR) is 64.7 cm³/mol. The fraction of sp³-hybridized carbons (Fsp3) is 1.00. The van der Waals surface area contributed by atoms with Gasteiger partial charge in [-0.15, -0.1) is 0 Å². The largest absolute Gasteiger partial charge is 0.325 e. The quantitative estimate of drug-likeness (QED) is 0.762. The monoisotopic (exact) mass is 213 g/mol. The molecule has 0 amide bonds. The van der Waals surface area contributed by atoms with Crippen LogP contribution in [0.15, 0.2) is 0 Å². The van der Waals surface area contributed by atoms with E-state index in [1.165, 1.54) is 62.9 Å². The summed E-state index contributed by atoms with van der Waals surface area (Å²) in [4.78, 5) is 0. The Hall–Kier alpha value is 0.310. The Morgan fingerprint density at radius 3 is 2.57 bits per heavy atom. The van der Waals surface area contributed by atoms with Crippen molar-refractivity contribution in [1.82, 2.24) is 0 Å². The van der Waals surface area contributed by atoms with E-state index in [2.05, 4.69) is 11.8 Å². The van der Waals surface area contributed by atoms with E-state index in [1.54, 1.807) is 0 Å². The Morgan fingerprint density at radius 2 is 1.93 bits per heavy atom. The molecule has 1 unspecified atom stereocenters. The van der Waals surface area contributed by atoms with Crippen LogP contribution in [-0.4, -0.2) is 17.0 Å². The molecule has 14 heavy (non-hydrogen) atoms. The minimum atomic E-state index is 0.223. The molecule has 0 spiro atoms. The first-order valence-corrected chi connectivity index (χ1v) is 7.31. The summed E-state index contributed by atoms with van der Waals surface area (Å²) in [7, 11) is 0. The Labute approximate surface area is 92.2 Å². The maximum absolute atomic E-state index is 6.48. The molecule has 1 saturated heterocycles. The average Bonchev–Trinajstić information content (AvgIpc) is 2.19. The van der Waals surface area contributed by atoms with Gasteiger partial charge in [-0.05, 0) is 49.5 Å². The first kappa shape index (κ1) is 10.8. The number of nitrogens with two attached hydrogens (primary N) is 1. The van der Waals surface area contributed by atoms with Crippen molar-refractivity contribution < 1.29 is 0 Å². The zero-order chi connectivity index (χ0) is 9.86. The zero-order valence-electron chi connectivity index (χ0n) is 9.13. The third kappa shape index (κ3) is 2.90. The van der Waals surface area contributed by atoms with Gasteiger partial charge in [0.2, 0.25) is 0 Å². The van der Waals surface area contributed by atoms with Crippen molar-refractivity contribution in [1.29, 1.82) is 0 Å². The van der Waals surface area contributed by atoms with E-state index in [0.29, 0.717) is 0 Å². The van der Waals surface area contributed by atoms with Crippen molar-refractivity contribution >= 4 is 11.8 Å². The van der Waals surface area contributed by atoms with Crippen LogP contribution < -0.4 is 5.73 Å². The molecule has 1 aliphatic carbocycles. The van der Waals surface area contributed by atoms with E-state index in [9.17, 15) is 0 Å². The molecule has 1 atom stereocenters. The van der Waals surface area contributed by atoms with Crippen LogP contribution in [0.1, 0.15) is 51.4 Å². The highest BCUT2D eigenvalue weighted by Crippen LogP contribution is 2.35. The van der Waals surface area contributed by atoms with Crippen molar-refractivity contribution in [3.8, 4) is 0 Å². The summed E-state index contributed by atoms with van der Waals surface area (Å²) in [6, 6.07) is 0. The molecule has 2 fully saturated rings. The van der Waals surface area contributed by atoms with E-state index < -0.39 is 0 Å². The van der Waals surface area contributed by atoms with Gasteiger partial charge in [0, 0.05) is 5.54 Å². The second-order valence-corrected chi connectivity index (χ2v) is 6.36. The summed E-state index contributed by atoms with van der Waals surface area (Å²) in [5.41, 5.74) is 6.70. The Bertz CT molecular complexity index is 169. The van der Waals surface area contributed by atoms with Crippen molar-refractivity contribution in [3.63, 3.8) is 0 Å². The number of hydrogen-bond acceptors (Lipinski definition) is 2. The maximum Gasteiger partial charge on any atom is 0.0157 e. The van der Waals surface area contributed by atoms with Gasteiger partial charge in [-0.25, -0.2) is 0 Å². The van der Waals surface area contributed by atoms with Crippen molar-refractivity contribution in [2.24, 2.45) is 11.7 Å². The lowest BCUT2D eigenvalue weighted by molar-refractivity contribution is 0.238. The molecule has 2 aliphatic rings. The average molecular weight is 213 g/mol. The minimum Gasteiger partial charge on any atom is -0.325 e. The third-order valence-electron chi connectivity index (χ3n) is 3.80. The fourth-order valence-corrected chi connectivity index (χ4v) is 4.16. The number of hydrogen-bond donors (Lipinski definition) is 1. The van der Waals surface area contributed by atoms with E-state index >= 15 is 0 Å². The molecule has 1 aliphatic heterocycles. The summed E-state index contributed by atoms with van der Waals surface area (Å²) in [5.74, 6) is 3.68. The van der Waals surface area contributed by atoms with Gasteiger partial charge < -0.3 is 5.73 Å². The van der Waals surface area contributed by atoms with Gasteiger partial charge in [0.15, 0.2) is 0 Å². The van der Waals surface area contributed by atoms with Crippen molar-refractivity contribution in [3.05, 3.63) is 0 Å². The van der Waals surface area contributed by atoms with Crippen LogP contribution in [0.25, 0.3) is 0 Å². The Morgan fingerprint density at radius 1 is 1.14 bits per heavy atom. The highest BCUT2D eigenvalue weighted by atomic mass is 32.2. The van der Waals surface area contributed by atoms with E-state index in [0.717, 1.165) is 5.92 Å². The molecule has 2 heteroatoms. The fourth-order valence-electron chi connectivity index (χ4n) is 3.00. The Balaban J connectivity index is 1.81. The lowest BCUT2D eigenvalue weighted by Crippen LogP contribution is -2.44. The third-order valence-corrected chi connectivity index (χ3v) is 5.08. The zero-order valence-corrected chi connectivity index (χ0v) is 9.95. The minimum absolute atomic E-state index is 0.223. The van der Waals surface area contributed by atoms with Crippen molar-refractivity contribution in [2.75, 3.05) is 11.5 Å². The van der Waals surface area contributed by atoms with Crippen LogP contribution in [0.5, 0.6) is 0 Å². The van der Waals surface area contributed by atoms with E-state index in [-0.39, 0.29) is 5.54 Å². The van der Waals surface area contributed by atoms with Gasteiger partial charge >= 0.3 is 0 Å². The van der Waals surface area contributed by atoms with Crippen molar-refractivity contribution in [2.45, 2.75) is 56.9 Å². The molecule has 2 N–H and O–H groups in total. The van der Waals surface area contributed by atoms with Gasteiger partial charge in [-0.1, -0.05) is 19.3 Å². The molecule has 1 saturated carbocycles. The molecule has 0 aromatic carbocycles. The van der Waals surface area contributed by atoms with Crippen LogP contribution in [-0.2, 0) is 0 Å². The molecular weight excluding hydrogens is 190 g/mol. The number of thioether (sulfide) groups is 1. The summed E-state index contributed by atoms with van der Waals surface area (Å²) in [5, 5.41) is 0. The SMILES string of the molecule is NC1(CC2CCCSC2)CCCCC1. The predicted octanol–water partition coefficient (Wildman–Crippen LogP) is 3.18. The summed E-state index contributed by atoms with van der Waals surface area (Å²) in [6.45, 7) is 0. The highest BCUT2D eigenvalue weighted by Gasteiger charge is 2.30. The lowest BCUT2D eigenvalue weighted by atomic mass is 9.76. The van der Waals surface area contributed by atoms with Crippen LogP contribution in [0.3, 0.4) is 0 Å². The van der Waals surface area contributed by atoms with E-state index in [1.807, 2.05) is 0 Å². The summed E-state index contributed by atoms with van der Waals surface area (Å²) in [6.07, 6.45) is 10.9. The van der Waals surface area contributed by atoms with Gasteiger partial charge in [-0.2, -0.15) is 11.8 Å². The molecule has 0 aromatic rings. The van der Waals surface area contributed by atoms with Gasteiger partial charge in [0.25, 0.3) is 0 Å². The molecule has 0 radical (unpaired) electrons. The van der Waals surface area contributed by atoms with Crippen LogP contribution in [0, 0.1) is 5.92 Å². The first-order chi connectivity index (χ1) is 6.79. The normalized spacial score (nSPS) is 32.8. The first-order valence-electron chi connectivity index (χ1n) is 6.15. The molecule has 1 nitrogen and oxygen atoms in total. The second-order valence-electron chi connectivity index (χ2n) is 5.21. The highest BCUT2D eigenvalue weighted by molar-refractivity contribution is 7.99. The smallest absolute Gasteiger partial charge is 0.0157 e. The second kappa shape index (κ2) is 4.89. The summed E-state index contributed by atoms with van der Waals surface area (Å²) < 4.78 is 0. The lowest BCUT2D eigenvalue weighted by Gasteiger charge is -2.37. The standard InChI is InChI=1S/C12H23NS/c13-12(6-2-1-3-7-12)9-11-5-4-8-14-10-11/h11H,1-10,13H2. The maximum atomic E-state index is 6.48. The molecule has 0 bridgehead atoms. The molecule has 0 aromatic heterocycles. The van der Waals surface area contributed by atoms with Gasteiger partial charge in [0.05, 0.1) is 0 Å². The summed E-state index contributed by atoms with van der Waals surface area (Å²) >= 11 is 2.13. The van der Waals surface area contributed by atoms with Gasteiger partial charge in [0.1, 0.15) is 0 Å². The Kier molecular flexibility index (Phi) is 3.78. The molecule has 1 heterocycles.